The van der Waals surface area contributed by atoms with Crippen molar-refractivity contribution >= 4 is 16.9 Å². The summed E-state index contributed by atoms with van der Waals surface area (Å²) in [4.78, 5) is 24.5. The number of aromatic nitrogens is 1. The Morgan fingerprint density at radius 1 is 1.12 bits per heavy atom. The molecular weight excluding hydrogens is 318 g/mol. The van der Waals surface area contributed by atoms with Crippen molar-refractivity contribution in [2.75, 3.05) is 6.61 Å². The molecule has 0 saturated heterocycles. The number of ether oxygens (including phenoxy) is 1. The van der Waals surface area contributed by atoms with E-state index in [0.29, 0.717) is 17.3 Å². The van der Waals surface area contributed by atoms with Crippen LogP contribution in [0, 0.1) is 0 Å². The molecule has 0 unspecified atom stereocenters. The topological polar surface area (TPSA) is 68.5 Å². The second kappa shape index (κ2) is 6.81. The van der Waals surface area contributed by atoms with Gasteiger partial charge in [0.25, 0.3) is 5.56 Å². The molecule has 25 heavy (non-hydrogen) atoms. The summed E-state index contributed by atoms with van der Waals surface area (Å²) in [7, 11) is 1.57. The van der Waals surface area contributed by atoms with E-state index in [1.54, 1.807) is 26.1 Å². The van der Waals surface area contributed by atoms with Gasteiger partial charge in [0.05, 0.1) is 12.1 Å². The Hall–Kier alpha value is -3.08. The number of hydrogen-bond acceptors (Lipinski definition) is 4. The highest BCUT2D eigenvalue weighted by Crippen LogP contribution is 2.28. The molecule has 0 aliphatic carbocycles. The molecule has 0 fully saturated rings. The SMILES string of the molecule is CCOC(=O)c1c(O)c2cc(Cc3ccccc3)ccc2n(C)c1=O. The zero-order valence-corrected chi connectivity index (χ0v) is 14.2. The fourth-order valence-corrected chi connectivity index (χ4v) is 2.91. The van der Waals surface area contributed by atoms with Gasteiger partial charge in [-0.15, -0.1) is 0 Å². The predicted molar refractivity (Wildman–Crippen MR) is 96.1 cm³/mol. The van der Waals surface area contributed by atoms with Crippen LogP contribution in [0.2, 0.25) is 0 Å². The molecule has 0 bridgehead atoms. The van der Waals surface area contributed by atoms with E-state index in [1.807, 2.05) is 36.4 Å². The van der Waals surface area contributed by atoms with Gasteiger partial charge in [0.1, 0.15) is 5.75 Å². The molecule has 1 heterocycles. The first-order chi connectivity index (χ1) is 12.0. The van der Waals surface area contributed by atoms with Gasteiger partial charge in [0.2, 0.25) is 0 Å². The maximum absolute atomic E-state index is 12.4. The van der Waals surface area contributed by atoms with Gasteiger partial charge in [-0.25, -0.2) is 4.79 Å². The quantitative estimate of drug-likeness (QED) is 0.743. The highest BCUT2D eigenvalue weighted by molar-refractivity contribution is 5.99. The van der Waals surface area contributed by atoms with E-state index < -0.39 is 11.5 Å². The first kappa shape index (κ1) is 16.8. The third-order valence-electron chi connectivity index (χ3n) is 4.16. The third kappa shape index (κ3) is 3.13. The molecule has 128 valence electrons. The Bertz CT molecular complexity index is 990. The minimum Gasteiger partial charge on any atom is -0.506 e. The van der Waals surface area contributed by atoms with Gasteiger partial charge in [-0.05, 0) is 36.6 Å². The van der Waals surface area contributed by atoms with Crippen LogP contribution in [0.25, 0.3) is 10.9 Å². The summed E-state index contributed by atoms with van der Waals surface area (Å²) in [6.07, 6.45) is 0.688. The molecular formula is C20H19NO4. The lowest BCUT2D eigenvalue weighted by Gasteiger charge is -2.12. The molecule has 5 heteroatoms. The summed E-state index contributed by atoms with van der Waals surface area (Å²) in [5.41, 5.74) is 1.78. The lowest BCUT2D eigenvalue weighted by molar-refractivity contribution is 0.0520. The lowest BCUT2D eigenvalue weighted by Crippen LogP contribution is -2.26. The molecule has 0 atom stereocenters. The summed E-state index contributed by atoms with van der Waals surface area (Å²) in [5, 5.41) is 11.0. The summed E-state index contributed by atoms with van der Waals surface area (Å²) >= 11 is 0. The van der Waals surface area contributed by atoms with E-state index in [-0.39, 0.29) is 17.9 Å². The van der Waals surface area contributed by atoms with Crippen molar-refractivity contribution in [1.82, 2.24) is 4.57 Å². The van der Waals surface area contributed by atoms with Crippen molar-refractivity contribution in [3.63, 3.8) is 0 Å². The number of esters is 1. The minimum absolute atomic E-state index is 0.132. The summed E-state index contributed by atoms with van der Waals surface area (Å²) < 4.78 is 6.26. The van der Waals surface area contributed by atoms with E-state index in [2.05, 4.69) is 0 Å². The van der Waals surface area contributed by atoms with E-state index in [9.17, 15) is 14.7 Å². The number of aryl methyl sites for hydroxylation is 1. The second-order valence-corrected chi connectivity index (χ2v) is 5.82. The lowest BCUT2D eigenvalue weighted by atomic mass is 10.0. The van der Waals surface area contributed by atoms with Gasteiger partial charge in [0.15, 0.2) is 5.56 Å². The van der Waals surface area contributed by atoms with Gasteiger partial charge in [-0.1, -0.05) is 36.4 Å². The molecule has 1 N–H and O–H groups in total. The number of carbonyl (C=O) groups is 1. The van der Waals surface area contributed by atoms with Gasteiger partial charge in [-0.2, -0.15) is 0 Å². The van der Waals surface area contributed by atoms with Crippen LogP contribution in [-0.2, 0) is 18.2 Å². The smallest absolute Gasteiger partial charge is 0.347 e. The molecule has 0 aliphatic rings. The number of fused-ring (bicyclic) bond motifs is 1. The van der Waals surface area contributed by atoms with Crippen LogP contribution in [-0.4, -0.2) is 22.2 Å². The number of carbonyl (C=O) groups excluding carboxylic acids is 1. The summed E-state index contributed by atoms with van der Waals surface area (Å²) in [6.45, 7) is 1.78. The van der Waals surface area contributed by atoms with E-state index >= 15 is 0 Å². The van der Waals surface area contributed by atoms with Crippen molar-refractivity contribution in [2.24, 2.45) is 7.05 Å². The molecule has 3 aromatic rings. The minimum atomic E-state index is -0.809. The summed E-state index contributed by atoms with van der Waals surface area (Å²) in [6, 6.07) is 15.4. The monoisotopic (exact) mass is 337 g/mol. The van der Waals surface area contributed by atoms with Gasteiger partial charge in [-0.3, -0.25) is 4.79 Å². The zero-order valence-electron chi connectivity index (χ0n) is 14.2. The molecule has 1 aromatic heterocycles. The second-order valence-electron chi connectivity index (χ2n) is 5.82. The van der Waals surface area contributed by atoms with Crippen LogP contribution < -0.4 is 5.56 Å². The van der Waals surface area contributed by atoms with Crippen molar-refractivity contribution in [3.05, 3.63) is 75.6 Å². The maximum Gasteiger partial charge on any atom is 0.347 e. The number of pyridine rings is 1. The van der Waals surface area contributed by atoms with Crippen LogP contribution in [0.1, 0.15) is 28.4 Å². The fourth-order valence-electron chi connectivity index (χ4n) is 2.91. The highest BCUT2D eigenvalue weighted by atomic mass is 16.5. The number of nitrogens with zero attached hydrogens (tertiary/aromatic N) is 1. The first-order valence-corrected chi connectivity index (χ1v) is 8.08. The number of hydrogen-bond donors (Lipinski definition) is 1. The van der Waals surface area contributed by atoms with Crippen LogP contribution in [0.15, 0.2) is 53.3 Å². The van der Waals surface area contributed by atoms with Crippen molar-refractivity contribution in [1.29, 1.82) is 0 Å². The van der Waals surface area contributed by atoms with Crippen molar-refractivity contribution in [3.8, 4) is 5.75 Å². The number of rotatable bonds is 4. The van der Waals surface area contributed by atoms with E-state index in [1.165, 1.54) is 4.57 Å². The van der Waals surface area contributed by atoms with E-state index in [0.717, 1.165) is 11.1 Å². The third-order valence-corrected chi connectivity index (χ3v) is 4.16. The molecule has 0 amide bonds. The zero-order chi connectivity index (χ0) is 18.0. The molecule has 0 aliphatic heterocycles. The Morgan fingerprint density at radius 3 is 2.52 bits per heavy atom. The maximum atomic E-state index is 12.4. The van der Waals surface area contributed by atoms with Crippen molar-refractivity contribution in [2.45, 2.75) is 13.3 Å². The van der Waals surface area contributed by atoms with Crippen LogP contribution >= 0.6 is 0 Å². The average molecular weight is 337 g/mol. The number of aromatic hydroxyl groups is 1. The summed E-state index contributed by atoms with van der Waals surface area (Å²) in [5.74, 6) is -1.14. The fraction of sp³-hybridized carbons (Fsp3) is 0.200. The van der Waals surface area contributed by atoms with Gasteiger partial charge in [0, 0.05) is 12.4 Å². The van der Waals surface area contributed by atoms with Crippen LogP contribution in [0.5, 0.6) is 5.75 Å². The molecule has 0 saturated carbocycles. The Balaban J connectivity index is 2.15. The predicted octanol–water partition coefficient (Wildman–Crippen LogP) is 3.01. The normalized spacial score (nSPS) is 10.8. The van der Waals surface area contributed by atoms with Gasteiger partial charge < -0.3 is 14.4 Å². The Labute approximate surface area is 145 Å². The Kier molecular flexibility index (Phi) is 4.57. The molecule has 2 aromatic carbocycles. The first-order valence-electron chi connectivity index (χ1n) is 8.08. The highest BCUT2D eigenvalue weighted by Gasteiger charge is 2.22. The standard InChI is InChI=1S/C20H19NO4/c1-3-25-20(24)17-18(22)15-12-14(11-13-7-5-4-6-8-13)9-10-16(15)21(2)19(17)23/h4-10,12,22H,3,11H2,1-2H3. The number of benzene rings is 2. The van der Waals surface area contributed by atoms with E-state index in [4.69, 9.17) is 4.74 Å². The Morgan fingerprint density at radius 2 is 1.84 bits per heavy atom. The van der Waals surface area contributed by atoms with Crippen LogP contribution in [0.4, 0.5) is 0 Å². The van der Waals surface area contributed by atoms with Gasteiger partial charge >= 0.3 is 5.97 Å². The average Bonchev–Trinajstić information content (AvgIpc) is 2.61. The molecule has 5 nitrogen and oxygen atoms in total. The largest absolute Gasteiger partial charge is 0.506 e. The molecule has 3 rings (SSSR count). The van der Waals surface area contributed by atoms with Crippen molar-refractivity contribution < 1.29 is 14.6 Å². The molecule has 0 spiro atoms. The van der Waals surface area contributed by atoms with Crippen LogP contribution in [0.3, 0.4) is 0 Å². The molecule has 0 radical (unpaired) electrons.